The van der Waals surface area contributed by atoms with E-state index in [0.29, 0.717) is 67.4 Å². The number of piperidine rings is 1. The number of aliphatic hydroxyl groups is 1. The molecule has 4 heterocycles. The maximum atomic E-state index is 14.1. The predicted molar refractivity (Wildman–Crippen MR) is 127 cm³/mol. The number of ether oxygens (including phenoxy) is 1. The maximum absolute atomic E-state index is 14.1. The molecule has 1 aromatic carbocycles. The van der Waals surface area contributed by atoms with Gasteiger partial charge in [-0.25, -0.2) is 28.7 Å². The van der Waals surface area contributed by atoms with Crippen molar-refractivity contribution in [2.75, 3.05) is 42.6 Å². The summed E-state index contributed by atoms with van der Waals surface area (Å²) in [5, 5.41) is 11.1. The van der Waals surface area contributed by atoms with Gasteiger partial charge in [0.15, 0.2) is 5.75 Å². The number of benzene rings is 1. The van der Waals surface area contributed by atoms with E-state index in [-0.39, 0.29) is 11.8 Å². The Bertz CT molecular complexity index is 1150. The van der Waals surface area contributed by atoms with Crippen LogP contribution in [-0.2, 0) is 0 Å². The van der Waals surface area contributed by atoms with Gasteiger partial charge in [0.1, 0.15) is 11.6 Å². The highest BCUT2D eigenvalue weighted by Gasteiger charge is 2.30. The van der Waals surface area contributed by atoms with Gasteiger partial charge in [0.2, 0.25) is 11.9 Å². The third-order valence-corrected chi connectivity index (χ3v) is 6.75. The molecular formula is C24H25ClF2N6O2. The molecule has 2 aliphatic heterocycles. The summed E-state index contributed by atoms with van der Waals surface area (Å²) in [4.78, 5) is 21.1. The van der Waals surface area contributed by atoms with Gasteiger partial charge in [-0.3, -0.25) is 0 Å². The zero-order valence-corrected chi connectivity index (χ0v) is 19.7. The Kier molecular flexibility index (Phi) is 6.92. The second-order valence-electron chi connectivity index (χ2n) is 8.89. The maximum Gasteiger partial charge on any atom is 0.225 e. The molecule has 0 saturated carbocycles. The number of nitrogens with zero attached hydrogens (tertiary/aromatic N) is 6. The molecule has 3 atom stereocenters. The monoisotopic (exact) mass is 502 g/mol. The molecule has 2 fully saturated rings. The van der Waals surface area contributed by atoms with Crippen LogP contribution in [0.2, 0.25) is 5.02 Å². The average molecular weight is 503 g/mol. The lowest BCUT2D eigenvalue weighted by Gasteiger charge is -2.35. The first-order valence-electron chi connectivity index (χ1n) is 11.5. The summed E-state index contributed by atoms with van der Waals surface area (Å²) >= 11 is 5.84. The zero-order valence-electron chi connectivity index (χ0n) is 18.9. The topological polar surface area (TPSA) is 87.5 Å². The highest BCUT2D eigenvalue weighted by molar-refractivity contribution is 6.30. The lowest BCUT2D eigenvalue weighted by Crippen LogP contribution is -2.46. The van der Waals surface area contributed by atoms with E-state index >= 15 is 0 Å². The van der Waals surface area contributed by atoms with Crippen molar-refractivity contribution in [2.24, 2.45) is 5.92 Å². The third-order valence-electron chi connectivity index (χ3n) is 6.56. The first kappa shape index (κ1) is 23.6. The Morgan fingerprint density at radius 3 is 2.31 bits per heavy atom. The number of β-amino-alcohol motifs (C(OH)–C–C–N with tert-alkyl or cyclic N) is 1. The van der Waals surface area contributed by atoms with Crippen molar-refractivity contribution in [3.05, 3.63) is 65.2 Å². The number of hydrogen-bond donors (Lipinski definition) is 1. The highest BCUT2D eigenvalue weighted by atomic mass is 35.5. The van der Waals surface area contributed by atoms with Crippen LogP contribution in [0.15, 0.2) is 43.0 Å². The number of rotatable bonds is 6. The molecule has 0 radical (unpaired) electrons. The Morgan fingerprint density at radius 1 is 0.943 bits per heavy atom. The molecule has 11 heteroatoms. The van der Waals surface area contributed by atoms with Gasteiger partial charge in [0, 0.05) is 38.0 Å². The Morgan fingerprint density at radius 2 is 1.60 bits per heavy atom. The van der Waals surface area contributed by atoms with Crippen LogP contribution in [0.3, 0.4) is 0 Å². The van der Waals surface area contributed by atoms with Crippen molar-refractivity contribution < 1.29 is 18.6 Å². The van der Waals surface area contributed by atoms with E-state index in [1.54, 1.807) is 12.4 Å². The van der Waals surface area contributed by atoms with E-state index in [1.165, 1.54) is 24.5 Å². The van der Waals surface area contributed by atoms with Gasteiger partial charge in [-0.2, -0.15) is 0 Å². The molecule has 0 unspecified atom stereocenters. The van der Waals surface area contributed by atoms with Crippen molar-refractivity contribution in [3.63, 3.8) is 0 Å². The summed E-state index contributed by atoms with van der Waals surface area (Å²) in [6.45, 7) is 2.62. The van der Waals surface area contributed by atoms with E-state index in [0.717, 1.165) is 12.5 Å². The van der Waals surface area contributed by atoms with Crippen molar-refractivity contribution >= 4 is 23.5 Å². The van der Waals surface area contributed by atoms with Gasteiger partial charge in [0.25, 0.3) is 0 Å². The van der Waals surface area contributed by atoms with Crippen LogP contribution in [0.4, 0.5) is 20.7 Å². The Hall–Kier alpha value is -3.11. The number of aliphatic hydroxyl groups excluding tert-OH is 1. The summed E-state index contributed by atoms with van der Waals surface area (Å²) in [6.07, 6.45) is 7.10. The van der Waals surface area contributed by atoms with Crippen LogP contribution in [0, 0.1) is 17.6 Å². The average Bonchev–Trinajstić information content (AvgIpc) is 3.36. The molecule has 0 amide bonds. The summed E-state index contributed by atoms with van der Waals surface area (Å²) in [6, 6.07) is 3.56. The Balaban J connectivity index is 1.13. The molecule has 184 valence electrons. The van der Waals surface area contributed by atoms with Crippen molar-refractivity contribution in [3.8, 4) is 5.75 Å². The summed E-state index contributed by atoms with van der Waals surface area (Å²) in [5.41, 5.74) is 0.389. The molecule has 0 aliphatic carbocycles. The largest absolute Gasteiger partial charge is 0.490 e. The van der Waals surface area contributed by atoms with Gasteiger partial charge in [0.05, 0.1) is 42.5 Å². The van der Waals surface area contributed by atoms with Gasteiger partial charge in [-0.1, -0.05) is 11.6 Å². The summed E-state index contributed by atoms with van der Waals surface area (Å²) in [7, 11) is 0. The molecule has 2 saturated heterocycles. The van der Waals surface area contributed by atoms with Gasteiger partial charge in [-0.05, 0) is 36.6 Å². The van der Waals surface area contributed by atoms with Gasteiger partial charge in [-0.15, -0.1) is 0 Å². The molecule has 5 rings (SSSR count). The standard InChI is InChI=1S/C24H25ClF2N6O2/c25-17-8-28-23(29-9-17)33-6-4-16(22(34)13-33)14-35-19-10-30-24(31-11-19)32-5-3-15(12-32)20-7-18(26)1-2-21(20)27/h1-2,7-11,15-16,22,34H,3-6,12-14H2/t15-,16+,22+/m1/s1. The SMILES string of the molecule is O[C@H]1CN(c2ncc(Cl)cn2)CC[C@H]1COc1cnc(N2CC[C@@H](c3cc(F)ccc3F)C2)nc1. The predicted octanol–water partition coefficient (Wildman–Crippen LogP) is 3.46. The van der Waals surface area contributed by atoms with Crippen molar-refractivity contribution in [1.29, 1.82) is 0 Å². The molecule has 0 bridgehead atoms. The highest BCUT2D eigenvalue weighted by Crippen LogP contribution is 2.31. The van der Waals surface area contributed by atoms with Crippen LogP contribution in [-0.4, -0.2) is 63.9 Å². The van der Waals surface area contributed by atoms with Gasteiger partial charge < -0.3 is 19.6 Å². The summed E-state index contributed by atoms with van der Waals surface area (Å²) in [5.74, 6) is 0.586. The molecule has 1 N–H and O–H groups in total. The molecule has 0 spiro atoms. The fourth-order valence-corrected chi connectivity index (χ4v) is 4.70. The third kappa shape index (κ3) is 5.43. The second kappa shape index (κ2) is 10.2. The molecule has 35 heavy (non-hydrogen) atoms. The zero-order chi connectivity index (χ0) is 24.4. The van der Waals surface area contributed by atoms with Crippen LogP contribution < -0.4 is 14.5 Å². The minimum absolute atomic E-state index is 0.0428. The van der Waals surface area contributed by atoms with Crippen LogP contribution >= 0.6 is 11.6 Å². The first-order valence-corrected chi connectivity index (χ1v) is 11.9. The molecular weight excluding hydrogens is 478 g/mol. The number of aromatic nitrogens is 4. The van der Waals surface area contributed by atoms with Gasteiger partial charge >= 0.3 is 0 Å². The summed E-state index contributed by atoms with van der Waals surface area (Å²) < 4.78 is 33.5. The molecule has 2 aromatic heterocycles. The fraction of sp³-hybridized carbons (Fsp3) is 0.417. The van der Waals surface area contributed by atoms with Crippen LogP contribution in [0.5, 0.6) is 5.75 Å². The van der Waals surface area contributed by atoms with E-state index < -0.39 is 17.7 Å². The van der Waals surface area contributed by atoms with Crippen LogP contribution in [0.25, 0.3) is 0 Å². The normalized spacial score (nSPS) is 22.5. The fourth-order valence-electron chi connectivity index (χ4n) is 4.60. The van der Waals surface area contributed by atoms with E-state index in [4.69, 9.17) is 16.3 Å². The lowest BCUT2D eigenvalue weighted by atomic mass is 9.95. The molecule has 2 aliphatic rings. The minimum atomic E-state index is -0.590. The van der Waals surface area contributed by atoms with Crippen molar-refractivity contribution in [1.82, 2.24) is 19.9 Å². The van der Waals surface area contributed by atoms with E-state index in [2.05, 4.69) is 19.9 Å². The van der Waals surface area contributed by atoms with E-state index in [9.17, 15) is 13.9 Å². The van der Waals surface area contributed by atoms with Crippen LogP contribution in [0.1, 0.15) is 24.3 Å². The molecule has 3 aromatic rings. The minimum Gasteiger partial charge on any atom is -0.490 e. The Labute approximate surface area is 206 Å². The quantitative estimate of drug-likeness (QED) is 0.548. The number of halogens is 3. The van der Waals surface area contributed by atoms with Crippen molar-refractivity contribution in [2.45, 2.75) is 24.9 Å². The van der Waals surface area contributed by atoms with E-state index in [1.807, 2.05) is 9.80 Å². The second-order valence-corrected chi connectivity index (χ2v) is 9.33. The number of anilines is 2. The lowest BCUT2D eigenvalue weighted by molar-refractivity contribution is 0.0611. The smallest absolute Gasteiger partial charge is 0.225 e. The number of hydrogen-bond acceptors (Lipinski definition) is 8. The molecule has 8 nitrogen and oxygen atoms in total. The first-order chi connectivity index (χ1) is 17.0.